The van der Waals surface area contributed by atoms with E-state index in [1.54, 1.807) is 0 Å². The number of hydrogen-bond acceptors (Lipinski definition) is 8. The number of anilines is 12. The fourth-order valence-corrected chi connectivity index (χ4v) is 22.7. The SMILES string of the molecule is CC(C)(c1ccc(N(c2ccc3ccc4c(N(c5ccccc5-c5ccccc5)c5cccc6c5oc5ccccc56)ccc5ccc2c3c54)c2cccc3c2oc2ccccc23)c(-c2ccccc2)c1)c1ccc(N(c2ccc3ccc4c(N(c5ccccc5-c5ccccc5)c5cccc6c5oc5ccccc56)ccc5ccc2c3c54)c2cccc3c2oc2ccccc23)c(-c2ccccc2)c1. The van der Waals surface area contributed by atoms with E-state index in [9.17, 15) is 0 Å². The van der Waals surface area contributed by atoms with Gasteiger partial charge in [-0.25, -0.2) is 0 Å². The molecule has 0 bridgehead atoms. The summed E-state index contributed by atoms with van der Waals surface area (Å²) in [4.78, 5) is 9.86. The van der Waals surface area contributed by atoms with Crippen molar-refractivity contribution in [2.75, 3.05) is 19.6 Å². The highest BCUT2D eigenvalue weighted by molar-refractivity contribution is 6.32. The van der Waals surface area contributed by atoms with Crippen LogP contribution in [0.3, 0.4) is 0 Å². The van der Waals surface area contributed by atoms with Crippen LogP contribution in [0.2, 0.25) is 0 Å². The van der Waals surface area contributed by atoms with Crippen LogP contribution in [0.25, 0.3) is 197 Å². The van der Waals surface area contributed by atoms with Crippen LogP contribution in [0, 0.1) is 0 Å². The van der Waals surface area contributed by atoms with Crippen molar-refractivity contribution in [3.05, 3.63) is 484 Å². The van der Waals surface area contributed by atoms with Gasteiger partial charge in [0.15, 0.2) is 22.3 Å². The number of rotatable bonds is 18. The van der Waals surface area contributed by atoms with E-state index in [1.807, 2.05) is 0 Å². The topological polar surface area (TPSA) is 65.5 Å². The first-order valence-electron chi connectivity index (χ1n) is 47.7. The van der Waals surface area contributed by atoms with Crippen LogP contribution in [0.1, 0.15) is 25.0 Å². The van der Waals surface area contributed by atoms with Gasteiger partial charge < -0.3 is 37.3 Å². The lowest BCUT2D eigenvalue weighted by atomic mass is 9.76. The Labute approximate surface area is 800 Å². The van der Waals surface area contributed by atoms with Gasteiger partial charge in [0.2, 0.25) is 0 Å². The van der Waals surface area contributed by atoms with Crippen molar-refractivity contribution < 1.29 is 17.7 Å². The van der Waals surface area contributed by atoms with E-state index in [0.29, 0.717) is 0 Å². The molecule has 24 aromatic carbocycles. The predicted molar refractivity (Wildman–Crippen MR) is 582 cm³/mol. The molecule has 0 amide bonds. The summed E-state index contributed by atoms with van der Waals surface area (Å²) in [6, 6.07) is 173. The van der Waals surface area contributed by atoms with Gasteiger partial charge in [-0.2, -0.15) is 0 Å². The standard InChI is InChI=1S/C131H84N4O4/c1-131(2,89-67-77-113(105(79-89)83-35-11-5-12-36-83)134(117-53-29-47-99-95-43-19-25-57-121(95)138-129(99)117)111-75-65-87-59-69-101-109(73-63-85-61-71-103(111)125(87)123(85)101)132(107-49-21-15-39-91(107)81-31-7-3-8-32-81)115-51-27-45-97-93-41-17-23-55-119(93)136-127(97)115)90-68-78-114(106(80-90)84-37-13-6-14-38-84)135(118-54-30-48-100-96-44-20-26-58-122(96)139-130(100)118)112-76-66-88-60-70-102-110(74-64-86-62-72-104(112)126(88)124(86)102)133(108-50-22-16-40-92(108)82-33-9-4-10-34-82)116-52-28-46-98-94-42-18-24-56-120(94)137-128(98)116/h3-80H,1-2H3. The molecule has 28 rings (SSSR count). The Hall–Kier alpha value is -18.2. The lowest BCUT2D eigenvalue weighted by molar-refractivity contribution is 0.641. The number of furan rings is 4. The Morgan fingerprint density at radius 3 is 0.662 bits per heavy atom. The summed E-state index contributed by atoms with van der Waals surface area (Å²) >= 11 is 0. The van der Waals surface area contributed by atoms with Crippen molar-refractivity contribution >= 4 is 221 Å². The summed E-state index contributed by atoms with van der Waals surface area (Å²) in [5.74, 6) is 0. The normalized spacial score (nSPS) is 12.1. The highest BCUT2D eigenvalue weighted by atomic mass is 16.3. The van der Waals surface area contributed by atoms with Crippen molar-refractivity contribution in [2.24, 2.45) is 0 Å². The molecule has 0 fully saturated rings. The molecule has 28 aromatic rings. The third-order valence-electron chi connectivity index (χ3n) is 29.2. The fourth-order valence-electron chi connectivity index (χ4n) is 22.7. The summed E-state index contributed by atoms with van der Waals surface area (Å²) in [5.41, 5.74) is 28.7. The van der Waals surface area contributed by atoms with Gasteiger partial charge in [-0.3, -0.25) is 0 Å². The first-order chi connectivity index (χ1) is 68.7. The summed E-state index contributed by atoms with van der Waals surface area (Å²) in [6.07, 6.45) is 0. The summed E-state index contributed by atoms with van der Waals surface area (Å²) < 4.78 is 28.6. The van der Waals surface area contributed by atoms with Gasteiger partial charge in [0.25, 0.3) is 0 Å². The van der Waals surface area contributed by atoms with E-state index in [-0.39, 0.29) is 0 Å². The number of fused-ring (bicyclic) bond motifs is 12. The minimum Gasteiger partial charge on any atom is -0.454 e. The summed E-state index contributed by atoms with van der Waals surface area (Å²) in [5, 5.41) is 22.0. The second-order valence-corrected chi connectivity index (χ2v) is 37.1. The Balaban J connectivity index is 0.633. The maximum Gasteiger partial charge on any atom is 0.159 e. The average Bonchev–Trinajstić information content (AvgIpc) is 1.66. The lowest BCUT2D eigenvalue weighted by Gasteiger charge is -2.33. The highest BCUT2D eigenvalue weighted by Gasteiger charge is 2.35. The van der Waals surface area contributed by atoms with Crippen molar-refractivity contribution in [3.8, 4) is 44.5 Å². The Morgan fingerprint density at radius 2 is 0.374 bits per heavy atom. The van der Waals surface area contributed by atoms with Crippen LogP contribution >= 0.6 is 0 Å². The molecule has 4 heterocycles. The van der Waals surface area contributed by atoms with Crippen LogP contribution in [-0.4, -0.2) is 0 Å². The summed E-state index contributed by atoms with van der Waals surface area (Å²) in [6.45, 7) is 4.78. The maximum absolute atomic E-state index is 7.25. The second-order valence-electron chi connectivity index (χ2n) is 37.1. The zero-order chi connectivity index (χ0) is 91.7. The quantitative estimate of drug-likeness (QED) is 0.0788. The lowest BCUT2D eigenvalue weighted by Crippen LogP contribution is -2.21. The molecule has 0 aliphatic rings. The molecule has 652 valence electrons. The van der Waals surface area contributed by atoms with E-state index in [1.165, 1.54) is 0 Å². The van der Waals surface area contributed by atoms with E-state index in [0.717, 1.165) is 276 Å². The Bertz CT molecular complexity index is 9240. The van der Waals surface area contributed by atoms with Gasteiger partial charge in [-0.15, -0.1) is 0 Å². The second kappa shape index (κ2) is 31.4. The van der Waals surface area contributed by atoms with Crippen LogP contribution in [-0.2, 0) is 5.41 Å². The molecule has 8 heteroatoms. The van der Waals surface area contributed by atoms with Crippen molar-refractivity contribution in [3.63, 3.8) is 0 Å². The first kappa shape index (κ1) is 79.3. The zero-order valence-corrected chi connectivity index (χ0v) is 76.0. The Morgan fingerprint density at radius 1 is 0.158 bits per heavy atom. The number of para-hydroxylation sites is 10. The van der Waals surface area contributed by atoms with E-state index >= 15 is 0 Å². The van der Waals surface area contributed by atoms with Gasteiger partial charge in [-0.05, 0) is 186 Å². The van der Waals surface area contributed by atoms with Gasteiger partial charge in [0.05, 0.1) is 68.2 Å². The van der Waals surface area contributed by atoms with Crippen LogP contribution in [0.5, 0.6) is 0 Å². The third-order valence-corrected chi connectivity index (χ3v) is 29.2. The highest BCUT2D eigenvalue weighted by Crippen LogP contribution is 2.58. The molecule has 0 atom stereocenters. The monoisotopic (exact) mass is 1780 g/mol. The third kappa shape index (κ3) is 12.4. The molecular formula is C131H84N4O4. The maximum atomic E-state index is 7.25. The van der Waals surface area contributed by atoms with Crippen LogP contribution < -0.4 is 19.6 Å². The summed E-state index contributed by atoms with van der Waals surface area (Å²) in [7, 11) is 0. The van der Waals surface area contributed by atoms with Crippen molar-refractivity contribution in [1.82, 2.24) is 0 Å². The van der Waals surface area contributed by atoms with E-state index in [2.05, 4.69) is 507 Å². The minimum absolute atomic E-state index is 0.635. The van der Waals surface area contributed by atoms with Crippen LogP contribution in [0.15, 0.2) is 491 Å². The zero-order valence-electron chi connectivity index (χ0n) is 76.0. The van der Waals surface area contributed by atoms with E-state index in [4.69, 9.17) is 17.7 Å². The molecule has 0 saturated heterocycles. The largest absolute Gasteiger partial charge is 0.454 e. The molecule has 0 aliphatic heterocycles. The van der Waals surface area contributed by atoms with Gasteiger partial charge in [0.1, 0.15) is 22.3 Å². The van der Waals surface area contributed by atoms with Crippen molar-refractivity contribution in [1.29, 1.82) is 0 Å². The van der Waals surface area contributed by atoms with Crippen molar-refractivity contribution in [2.45, 2.75) is 19.3 Å². The Kier molecular flexibility index (Phi) is 17.9. The molecule has 0 N–H and O–H groups in total. The first-order valence-corrected chi connectivity index (χ1v) is 47.7. The molecule has 0 unspecified atom stereocenters. The fraction of sp³-hybridized carbons (Fsp3) is 0.0229. The molecule has 8 nitrogen and oxygen atoms in total. The number of hydrogen-bond donors (Lipinski definition) is 0. The van der Waals surface area contributed by atoms with Gasteiger partial charge >= 0.3 is 0 Å². The average molecular weight is 1780 g/mol. The molecule has 4 aromatic heterocycles. The molecule has 0 spiro atoms. The minimum atomic E-state index is -0.635. The number of benzene rings is 24. The van der Waals surface area contributed by atoms with E-state index < -0.39 is 5.41 Å². The molecule has 0 aliphatic carbocycles. The molecule has 139 heavy (non-hydrogen) atoms. The molecular weight excluding hydrogens is 1690 g/mol. The molecule has 0 saturated carbocycles. The smallest absolute Gasteiger partial charge is 0.159 e. The van der Waals surface area contributed by atoms with Crippen LogP contribution in [0.4, 0.5) is 68.2 Å². The number of nitrogens with zero attached hydrogens (tertiary/aromatic N) is 4. The van der Waals surface area contributed by atoms with Gasteiger partial charge in [0, 0.05) is 92.3 Å². The van der Waals surface area contributed by atoms with Gasteiger partial charge in [-0.1, -0.05) is 378 Å². The predicted octanol–water partition coefficient (Wildman–Crippen LogP) is 38.0. The molecule has 0 radical (unpaired) electrons.